The number of nitrogens with two attached hydrogens (primary N) is 2. The lowest BCUT2D eigenvalue weighted by molar-refractivity contribution is -0.130. The SMILES string of the molecule is N=C(N)c1coc(C(NC(=O)[C@H](NS(N)(=O)=O)C(c2ccccc2)c2ccccc2)C(=O)[C@@H]2CCCN2)n1. The Morgan fingerprint density at radius 1 is 1.08 bits per heavy atom. The van der Waals surface area contributed by atoms with Crippen LogP contribution < -0.4 is 26.2 Å². The van der Waals surface area contributed by atoms with Crippen LogP contribution in [0.25, 0.3) is 0 Å². The normalized spacial score (nSPS) is 17.2. The molecule has 38 heavy (non-hydrogen) atoms. The van der Waals surface area contributed by atoms with Gasteiger partial charge < -0.3 is 20.8 Å². The molecule has 1 aliphatic rings. The number of ketones is 1. The number of amides is 1. The highest BCUT2D eigenvalue weighted by Crippen LogP contribution is 2.29. The van der Waals surface area contributed by atoms with Crippen molar-refractivity contribution in [1.29, 1.82) is 5.41 Å². The quantitative estimate of drug-likeness (QED) is 0.148. The van der Waals surface area contributed by atoms with Crippen molar-refractivity contribution >= 4 is 27.7 Å². The minimum absolute atomic E-state index is 0.00270. The van der Waals surface area contributed by atoms with Gasteiger partial charge in [0.1, 0.15) is 23.8 Å². The van der Waals surface area contributed by atoms with Gasteiger partial charge in [-0.15, -0.1) is 0 Å². The van der Waals surface area contributed by atoms with Crippen LogP contribution in [0.4, 0.5) is 0 Å². The molecule has 200 valence electrons. The Bertz CT molecular complexity index is 1350. The first-order valence-electron chi connectivity index (χ1n) is 11.9. The summed E-state index contributed by atoms with van der Waals surface area (Å²) in [6.07, 6.45) is 2.42. The van der Waals surface area contributed by atoms with Gasteiger partial charge in [-0.1, -0.05) is 60.7 Å². The maximum atomic E-state index is 13.9. The monoisotopic (exact) mass is 539 g/mol. The van der Waals surface area contributed by atoms with Crippen molar-refractivity contribution in [2.45, 2.75) is 36.9 Å². The van der Waals surface area contributed by atoms with Crippen LogP contribution in [0.15, 0.2) is 71.3 Å². The van der Waals surface area contributed by atoms with Crippen LogP contribution in [0, 0.1) is 5.41 Å². The van der Waals surface area contributed by atoms with Crippen LogP contribution in [0.2, 0.25) is 0 Å². The highest BCUT2D eigenvalue weighted by atomic mass is 32.2. The van der Waals surface area contributed by atoms with E-state index in [-0.39, 0.29) is 17.4 Å². The predicted octanol–water partition coefficient (Wildman–Crippen LogP) is 0.431. The molecular formula is C25H29N7O5S. The van der Waals surface area contributed by atoms with Gasteiger partial charge in [0, 0.05) is 5.92 Å². The van der Waals surface area contributed by atoms with E-state index in [0.29, 0.717) is 24.1 Å². The van der Waals surface area contributed by atoms with E-state index in [9.17, 15) is 18.0 Å². The Morgan fingerprint density at radius 3 is 2.16 bits per heavy atom. The molecule has 1 amide bonds. The van der Waals surface area contributed by atoms with Gasteiger partial charge in [0.15, 0.2) is 11.8 Å². The van der Waals surface area contributed by atoms with E-state index < -0.39 is 45.9 Å². The van der Waals surface area contributed by atoms with Crippen molar-refractivity contribution in [3.8, 4) is 0 Å². The number of carbonyl (C=O) groups excluding carboxylic acids is 2. The lowest BCUT2D eigenvalue weighted by Crippen LogP contribution is -2.54. The van der Waals surface area contributed by atoms with Crippen LogP contribution in [0.1, 0.15) is 47.5 Å². The summed E-state index contributed by atoms with van der Waals surface area (Å²) < 4.78 is 32.1. The van der Waals surface area contributed by atoms with Gasteiger partial charge in [0.2, 0.25) is 11.8 Å². The number of nitrogen functional groups attached to an aromatic ring is 1. The summed E-state index contributed by atoms with van der Waals surface area (Å²) in [4.78, 5) is 31.4. The van der Waals surface area contributed by atoms with E-state index in [1.54, 1.807) is 60.7 Å². The minimum atomic E-state index is -4.36. The summed E-state index contributed by atoms with van der Waals surface area (Å²) in [6.45, 7) is 0.626. The second-order valence-electron chi connectivity index (χ2n) is 8.92. The molecule has 1 unspecified atom stereocenters. The summed E-state index contributed by atoms with van der Waals surface area (Å²) in [5, 5.41) is 18.6. The zero-order valence-corrected chi connectivity index (χ0v) is 21.1. The number of carbonyl (C=O) groups is 2. The molecule has 3 atom stereocenters. The first-order chi connectivity index (χ1) is 18.1. The van der Waals surface area contributed by atoms with Gasteiger partial charge in [0.05, 0.1) is 6.04 Å². The largest absolute Gasteiger partial charge is 0.445 e. The molecule has 8 N–H and O–H groups in total. The number of aromatic nitrogens is 1. The number of Topliss-reactive ketones (excluding diaryl/α,β-unsaturated/α-hetero) is 1. The fraction of sp³-hybridized carbons (Fsp3) is 0.280. The standard InChI is InChI=1S/C25H29N7O5S/c26-23(27)18-14-37-25(30-18)21(22(33)17-12-7-13-29-17)31-24(34)20(32-38(28,35)36)19(15-8-3-1-4-9-15)16-10-5-2-6-11-16/h1-6,8-11,14,17,19-21,29,32H,7,12-13H2,(H3,26,27)(H,31,34)(H2,28,35,36)/t17-,20+,21?/m0/s1. The number of oxazole rings is 1. The van der Waals surface area contributed by atoms with Gasteiger partial charge >= 0.3 is 0 Å². The number of nitrogens with one attached hydrogen (secondary N) is 4. The molecule has 0 spiro atoms. The number of hydrogen-bond acceptors (Lipinski definition) is 8. The number of hydrogen-bond donors (Lipinski definition) is 6. The fourth-order valence-corrected chi connectivity index (χ4v) is 5.10. The second kappa shape index (κ2) is 11.6. The molecule has 4 rings (SSSR count). The highest BCUT2D eigenvalue weighted by molar-refractivity contribution is 7.87. The lowest BCUT2D eigenvalue weighted by atomic mass is 9.85. The Labute approximate surface area is 219 Å². The molecule has 0 aliphatic carbocycles. The molecule has 0 radical (unpaired) electrons. The summed E-state index contributed by atoms with van der Waals surface area (Å²) in [5.41, 5.74) is 6.78. The predicted molar refractivity (Wildman–Crippen MR) is 139 cm³/mol. The molecule has 0 bridgehead atoms. The average molecular weight is 540 g/mol. The number of amidine groups is 1. The van der Waals surface area contributed by atoms with Crippen molar-refractivity contribution in [2.24, 2.45) is 10.9 Å². The van der Waals surface area contributed by atoms with E-state index in [0.717, 1.165) is 12.7 Å². The minimum Gasteiger partial charge on any atom is -0.445 e. The van der Waals surface area contributed by atoms with Crippen LogP contribution in [0.3, 0.4) is 0 Å². The van der Waals surface area contributed by atoms with Crippen molar-refractivity contribution in [1.82, 2.24) is 20.3 Å². The second-order valence-corrected chi connectivity index (χ2v) is 10.2. The van der Waals surface area contributed by atoms with E-state index in [2.05, 4.69) is 20.3 Å². The summed E-state index contributed by atoms with van der Waals surface area (Å²) in [6, 6.07) is 14.3. The van der Waals surface area contributed by atoms with Crippen molar-refractivity contribution in [2.75, 3.05) is 6.54 Å². The van der Waals surface area contributed by atoms with E-state index in [1.165, 1.54) is 0 Å². The molecule has 2 aromatic carbocycles. The third-order valence-electron chi connectivity index (χ3n) is 6.24. The summed E-state index contributed by atoms with van der Waals surface area (Å²) >= 11 is 0. The van der Waals surface area contributed by atoms with Crippen LogP contribution >= 0.6 is 0 Å². The Balaban J connectivity index is 1.75. The third-order valence-corrected chi connectivity index (χ3v) is 6.83. The van der Waals surface area contributed by atoms with Crippen molar-refractivity contribution in [3.63, 3.8) is 0 Å². The Kier molecular flexibility index (Phi) is 8.32. The maximum absolute atomic E-state index is 13.9. The molecule has 13 heteroatoms. The first-order valence-corrected chi connectivity index (χ1v) is 13.5. The smallest absolute Gasteiger partial charge is 0.275 e. The van der Waals surface area contributed by atoms with Crippen molar-refractivity contribution in [3.05, 3.63) is 89.6 Å². The van der Waals surface area contributed by atoms with Gasteiger partial charge in [0.25, 0.3) is 10.2 Å². The molecule has 1 aliphatic heterocycles. The molecule has 1 saturated heterocycles. The molecule has 1 fully saturated rings. The average Bonchev–Trinajstić information content (AvgIpc) is 3.60. The van der Waals surface area contributed by atoms with E-state index >= 15 is 0 Å². The lowest BCUT2D eigenvalue weighted by Gasteiger charge is -2.29. The molecule has 1 aromatic heterocycles. The molecular weight excluding hydrogens is 510 g/mol. The Morgan fingerprint density at radius 2 is 1.68 bits per heavy atom. The third kappa shape index (κ3) is 6.50. The van der Waals surface area contributed by atoms with Crippen LogP contribution in [-0.2, 0) is 19.8 Å². The number of rotatable bonds is 11. The zero-order chi connectivity index (χ0) is 27.3. The Hall–Kier alpha value is -3.91. The highest BCUT2D eigenvalue weighted by Gasteiger charge is 2.39. The molecule has 12 nitrogen and oxygen atoms in total. The van der Waals surface area contributed by atoms with Crippen LogP contribution in [0.5, 0.6) is 0 Å². The van der Waals surface area contributed by atoms with E-state index in [4.69, 9.17) is 20.7 Å². The summed E-state index contributed by atoms with van der Waals surface area (Å²) in [7, 11) is -4.36. The van der Waals surface area contributed by atoms with Gasteiger partial charge in [-0.3, -0.25) is 15.0 Å². The van der Waals surface area contributed by atoms with Crippen LogP contribution in [-0.4, -0.2) is 49.6 Å². The zero-order valence-electron chi connectivity index (χ0n) is 20.3. The number of nitrogens with zero attached hydrogens (tertiary/aromatic N) is 1. The van der Waals surface area contributed by atoms with Gasteiger partial charge in [-0.25, -0.2) is 10.1 Å². The van der Waals surface area contributed by atoms with Gasteiger partial charge in [-0.2, -0.15) is 13.1 Å². The summed E-state index contributed by atoms with van der Waals surface area (Å²) in [5.74, 6) is -2.59. The van der Waals surface area contributed by atoms with Crippen molar-refractivity contribution < 1.29 is 22.4 Å². The maximum Gasteiger partial charge on any atom is 0.275 e. The molecule has 3 aromatic rings. The number of benzene rings is 2. The first kappa shape index (κ1) is 27.1. The molecule has 2 heterocycles. The molecule has 0 saturated carbocycles. The van der Waals surface area contributed by atoms with Gasteiger partial charge in [-0.05, 0) is 30.5 Å². The van der Waals surface area contributed by atoms with E-state index in [1.807, 2.05) is 0 Å². The fourth-order valence-electron chi connectivity index (χ4n) is 4.51. The topological polar surface area (TPSA) is 206 Å².